The van der Waals surface area contributed by atoms with Crippen LogP contribution in [0.3, 0.4) is 0 Å². The highest BCUT2D eigenvalue weighted by Crippen LogP contribution is 2.23. The normalized spacial score (nSPS) is 10.3. The molecule has 1 N–H and O–H groups in total. The van der Waals surface area contributed by atoms with Crippen LogP contribution in [0.25, 0.3) is 0 Å². The van der Waals surface area contributed by atoms with E-state index in [9.17, 15) is 4.79 Å². The monoisotopic (exact) mass is 225 g/mol. The molecule has 15 heavy (non-hydrogen) atoms. The summed E-state index contributed by atoms with van der Waals surface area (Å²) in [5.74, 6) is 0.133. The minimum absolute atomic E-state index is 0.133. The minimum Gasteiger partial charge on any atom is -0.325 e. The summed E-state index contributed by atoms with van der Waals surface area (Å²) in [6, 6.07) is 0. The van der Waals surface area contributed by atoms with Crippen LogP contribution in [0.4, 0.5) is 5.69 Å². The van der Waals surface area contributed by atoms with Gasteiger partial charge in [-0.3, -0.25) is 4.79 Å². The number of carbonyl (C=O) groups is 1. The first-order chi connectivity index (χ1) is 7.27. The van der Waals surface area contributed by atoms with Gasteiger partial charge in [0.1, 0.15) is 0 Å². The Morgan fingerprint density at radius 2 is 2.13 bits per heavy atom. The van der Waals surface area contributed by atoms with Gasteiger partial charge in [-0.2, -0.15) is 0 Å². The van der Waals surface area contributed by atoms with E-state index < -0.39 is 0 Å². The summed E-state index contributed by atoms with van der Waals surface area (Å²) in [5.41, 5.74) is 2.30. The van der Waals surface area contributed by atoms with Gasteiger partial charge >= 0.3 is 0 Å². The largest absolute Gasteiger partial charge is 0.325 e. The molecule has 84 valence electrons. The van der Waals surface area contributed by atoms with Crippen molar-refractivity contribution >= 4 is 22.9 Å². The van der Waals surface area contributed by atoms with E-state index in [4.69, 9.17) is 0 Å². The smallest absolute Gasteiger partial charge is 0.224 e. The summed E-state index contributed by atoms with van der Waals surface area (Å²) in [7, 11) is 0. The molecule has 0 fully saturated rings. The predicted molar refractivity (Wildman–Crippen MR) is 66.5 cm³/mol. The van der Waals surface area contributed by atoms with E-state index >= 15 is 0 Å². The quantitative estimate of drug-likeness (QED) is 0.783. The highest BCUT2D eigenvalue weighted by atomic mass is 32.1. The fourth-order valence-corrected chi connectivity index (χ4v) is 2.26. The molecule has 0 aliphatic heterocycles. The van der Waals surface area contributed by atoms with Crippen LogP contribution in [0.1, 0.15) is 45.1 Å². The number of unbranched alkanes of at least 4 members (excludes halogenated alkanes) is 1. The Bertz CT molecular complexity index is 306. The van der Waals surface area contributed by atoms with Gasteiger partial charge in [0.15, 0.2) is 0 Å². The maximum Gasteiger partial charge on any atom is 0.224 e. The van der Waals surface area contributed by atoms with Gasteiger partial charge in [0.2, 0.25) is 5.91 Å². The van der Waals surface area contributed by atoms with Crippen LogP contribution < -0.4 is 5.32 Å². The fraction of sp³-hybridized carbons (Fsp3) is 0.583. The van der Waals surface area contributed by atoms with Crippen LogP contribution >= 0.6 is 11.3 Å². The van der Waals surface area contributed by atoms with E-state index in [1.54, 1.807) is 11.3 Å². The Morgan fingerprint density at radius 1 is 1.33 bits per heavy atom. The van der Waals surface area contributed by atoms with Crippen molar-refractivity contribution in [2.24, 2.45) is 0 Å². The van der Waals surface area contributed by atoms with Gasteiger partial charge < -0.3 is 5.32 Å². The Morgan fingerprint density at radius 3 is 2.80 bits per heavy atom. The number of hydrogen-bond acceptors (Lipinski definition) is 2. The lowest BCUT2D eigenvalue weighted by atomic mass is 10.1. The summed E-state index contributed by atoms with van der Waals surface area (Å²) in [6.45, 7) is 4.20. The van der Waals surface area contributed by atoms with Gasteiger partial charge in [-0.05, 0) is 30.2 Å². The number of hydrogen-bond donors (Lipinski definition) is 1. The Kier molecular flexibility index (Phi) is 5.40. The maximum atomic E-state index is 11.4. The second-order valence-corrected chi connectivity index (χ2v) is 4.46. The zero-order valence-corrected chi connectivity index (χ0v) is 10.3. The Balaban J connectivity index is 2.52. The summed E-state index contributed by atoms with van der Waals surface area (Å²) in [4.78, 5) is 11.4. The lowest BCUT2D eigenvalue weighted by Crippen LogP contribution is -2.11. The van der Waals surface area contributed by atoms with Crippen molar-refractivity contribution in [3.8, 4) is 0 Å². The van der Waals surface area contributed by atoms with Crippen molar-refractivity contribution in [2.45, 2.75) is 46.0 Å². The van der Waals surface area contributed by atoms with E-state index in [1.807, 2.05) is 12.3 Å². The lowest BCUT2D eigenvalue weighted by Gasteiger charge is -2.05. The number of anilines is 1. The van der Waals surface area contributed by atoms with Crippen molar-refractivity contribution in [1.82, 2.24) is 0 Å². The summed E-state index contributed by atoms with van der Waals surface area (Å²) >= 11 is 1.66. The van der Waals surface area contributed by atoms with Gasteiger partial charge in [0.25, 0.3) is 0 Å². The number of nitrogens with one attached hydrogen (secondary N) is 1. The van der Waals surface area contributed by atoms with Crippen molar-refractivity contribution in [2.75, 3.05) is 5.32 Å². The van der Waals surface area contributed by atoms with Gasteiger partial charge in [-0.15, -0.1) is 11.3 Å². The third-order valence-electron chi connectivity index (χ3n) is 2.29. The van der Waals surface area contributed by atoms with Crippen molar-refractivity contribution in [3.05, 3.63) is 16.3 Å². The summed E-state index contributed by atoms with van der Waals surface area (Å²) in [6.07, 6.45) is 4.97. The highest BCUT2D eigenvalue weighted by molar-refractivity contribution is 7.08. The molecule has 0 aliphatic rings. The molecule has 0 saturated carbocycles. The zero-order chi connectivity index (χ0) is 11.1. The van der Waals surface area contributed by atoms with E-state index in [2.05, 4.69) is 17.6 Å². The molecule has 0 atom stereocenters. The summed E-state index contributed by atoms with van der Waals surface area (Å²) < 4.78 is 0. The average Bonchev–Trinajstić information content (AvgIpc) is 2.63. The molecule has 0 bridgehead atoms. The first-order valence-corrected chi connectivity index (χ1v) is 6.57. The van der Waals surface area contributed by atoms with Crippen LogP contribution in [0.2, 0.25) is 0 Å². The highest BCUT2D eigenvalue weighted by Gasteiger charge is 2.06. The topological polar surface area (TPSA) is 29.1 Å². The number of aryl methyl sites for hydroxylation is 1. The molecule has 0 aliphatic carbocycles. The molecule has 0 saturated heterocycles. The molecule has 0 radical (unpaired) electrons. The van der Waals surface area contributed by atoms with Crippen molar-refractivity contribution in [1.29, 1.82) is 0 Å². The number of thiophene rings is 1. The molecule has 0 aromatic carbocycles. The van der Waals surface area contributed by atoms with Gasteiger partial charge in [-0.1, -0.05) is 20.3 Å². The SMILES string of the molecule is CCCCc1cscc1NC(=O)CCC. The predicted octanol–water partition coefficient (Wildman–Crippen LogP) is 3.83. The molecule has 1 amide bonds. The van der Waals surface area contributed by atoms with Crippen LogP contribution in [0.15, 0.2) is 10.8 Å². The first kappa shape index (κ1) is 12.2. The van der Waals surface area contributed by atoms with Crippen LogP contribution in [-0.2, 0) is 11.2 Å². The van der Waals surface area contributed by atoms with Gasteiger partial charge in [0.05, 0.1) is 5.69 Å². The van der Waals surface area contributed by atoms with Crippen molar-refractivity contribution in [3.63, 3.8) is 0 Å². The van der Waals surface area contributed by atoms with Crippen LogP contribution in [0, 0.1) is 0 Å². The average molecular weight is 225 g/mol. The Hall–Kier alpha value is -0.830. The van der Waals surface area contributed by atoms with Crippen LogP contribution in [0.5, 0.6) is 0 Å². The molecular weight excluding hydrogens is 206 g/mol. The number of rotatable bonds is 6. The standard InChI is InChI=1S/C12H19NOS/c1-3-5-7-10-8-15-9-11(10)13-12(14)6-4-2/h8-9H,3-7H2,1-2H3,(H,13,14). The molecule has 0 unspecified atom stereocenters. The molecule has 1 aromatic heterocycles. The van der Waals surface area contributed by atoms with E-state index in [-0.39, 0.29) is 5.91 Å². The number of amides is 1. The Labute approximate surface area is 95.7 Å². The second-order valence-electron chi connectivity index (χ2n) is 3.71. The van der Waals surface area contributed by atoms with E-state index in [1.165, 1.54) is 18.4 Å². The van der Waals surface area contributed by atoms with Gasteiger partial charge in [-0.25, -0.2) is 0 Å². The molecular formula is C12H19NOS. The van der Waals surface area contributed by atoms with E-state index in [0.29, 0.717) is 6.42 Å². The maximum absolute atomic E-state index is 11.4. The number of carbonyl (C=O) groups excluding carboxylic acids is 1. The van der Waals surface area contributed by atoms with Gasteiger partial charge in [0, 0.05) is 11.8 Å². The molecule has 3 heteroatoms. The summed E-state index contributed by atoms with van der Waals surface area (Å²) in [5, 5.41) is 7.13. The molecule has 1 rings (SSSR count). The second kappa shape index (κ2) is 6.62. The molecule has 1 aromatic rings. The van der Waals surface area contributed by atoms with E-state index in [0.717, 1.165) is 18.5 Å². The third kappa shape index (κ3) is 4.04. The molecule has 2 nitrogen and oxygen atoms in total. The fourth-order valence-electron chi connectivity index (χ4n) is 1.43. The van der Waals surface area contributed by atoms with Crippen LogP contribution in [-0.4, -0.2) is 5.91 Å². The minimum atomic E-state index is 0.133. The lowest BCUT2D eigenvalue weighted by molar-refractivity contribution is -0.116. The first-order valence-electron chi connectivity index (χ1n) is 5.62. The zero-order valence-electron chi connectivity index (χ0n) is 9.51. The molecule has 0 spiro atoms. The van der Waals surface area contributed by atoms with Crippen molar-refractivity contribution < 1.29 is 4.79 Å². The third-order valence-corrected chi connectivity index (χ3v) is 3.09. The molecule has 1 heterocycles.